The maximum atomic E-state index is 12.3. The molecule has 20 heavy (non-hydrogen) atoms. The van der Waals surface area contributed by atoms with Gasteiger partial charge in [-0.25, -0.2) is 14.4 Å². The van der Waals surface area contributed by atoms with Gasteiger partial charge in [0, 0.05) is 12.1 Å². The number of halogens is 3. The van der Waals surface area contributed by atoms with Crippen LogP contribution in [0.25, 0.3) is 0 Å². The third-order valence-corrected chi connectivity index (χ3v) is 2.82. The van der Waals surface area contributed by atoms with Crippen LogP contribution in [0.4, 0.5) is 23.8 Å². The lowest BCUT2D eigenvalue weighted by Gasteiger charge is -2.17. The Morgan fingerprint density at radius 1 is 1.40 bits per heavy atom. The molecule has 1 unspecified atom stereocenters. The summed E-state index contributed by atoms with van der Waals surface area (Å²) >= 11 is 0. The number of aromatic nitrogens is 2. The number of imide groups is 1. The van der Waals surface area contributed by atoms with Crippen LogP contribution in [-0.2, 0) is 4.79 Å². The molecule has 0 aliphatic carbocycles. The first-order valence-electron chi connectivity index (χ1n) is 5.95. The van der Waals surface area contributed by atoms with Gasteiger partial charge in [-0.05, 0) is 13.8 Å². The summed E-state index contributed by atoms with van der Waals surface area (Å²) in [7, 11) is 0. The molecule has 0 spiro atoms. The van der Waals surface area contributed by atoms with Crippen LogP contribution < -0.4 is 10.2 Å². The van der Waals surface area contributed by atoms with Crippen LogP contribution in [0.3, 0.4) is 0 Å². The summed E-state index contributed by atoms with van der Waals surface area (Å²) in [5.74, 6) is -0.762. The van der Waals surface area contributed by atoms with Crippen LogP contribution in [-0.4, -0.2) is 33.9 Å². The maximum Gasteiger partial charge on any atom is 0.391 e. The fraction of sp³-hybridized carbons (Fsp3) is 0.545. The molecule has 0 radical (unpaired) electrons. The van der Waals surface area contributed by atoms with E-state index in [9.17, 15) is 22.8 Å². The number of hydrogen-bond donors (Lipinski definition) is 1. The van der Waals surface area contributed by atoms with Gasteiger partial charge in [0.2, 0.25) is 0 Å². The van der Waals surface area contributed by atoms with Gasteiger partial charge in [0.25, 0.3) is 5.91 Å². The molecule has 1 aliphatic rings. The minimum atomic E-state index is -4.53. The average Bonchev–Trinajstić information content (AvgIpc) is 2.83. The van der Waals surface area contributed by atoms with E-state index >= 15 is 0 Å². The summed E-state index contributed by atoms with van der Waals surface area (Å²) in [6.45, 7) is 3.56. The number of nitrogens with zero attached hydrogens (tertiary/aromatic N) is 3. The molecule has 110 valence electrons. The lowest BCUT2D eigenvalue weighted by molar-refractivity contribution is -0.145. The van der Waals surface area contributed by atoms with Gasteiger partial charge in [-0.15, -0.1) is 0 Å². The zero-order valence-corrected chi connectivity index (χ0v) is 10.8. The molecular formula is C11H13F3N4O2. The molecular weight excluding hydrogens is 277 g/mol. The van der Waals surface area contributed by atoms with Crippen molar-refractivity contribution in [2.24, 2.45) is 0 Å². The van der Waals surface area contributed by atoms with E-state index in [4.69, 9.17) is 0 Å². The van der Waals surface area contributed by atoms with Crippen LogP contribution >= 0.6 is 0 Å². The van der Waals surface area contributed by atoms with Crippen molar-refractivity contribution in [2.75, 3.05) is 4.90 Å². The van der Waals surface area contributed by atoms with Crippen LogP contribution in [0, 0.1) is 0 Å². The number of amides is 3. The number of hydrogen-bond acceptors (Lipinski definition) is 3. The fourth-order valence-electron chi connectivity index (χ4n) is 2.00. The molecule has 1 atom stereocenters. The quantitative estimate of drug-likeness (QED) is 0.864. The Labute approximate surface area is 112 Å². The van der Waals surface area contributed by atoms with Crippen molar-refractivity contribution < 1.29 is 22.8 Å². The normalized spacial score (nSPS) is 19.9. The van der Waals surface area contributed by atoms with Gasteiger partial charge >= 0.3 is 12.2 Å². The topological polar surface area (TPSA) is 67.2 Å². The smallest absolute Gasteiger partial charge is 0.325 e. The molecule has 1 fully saturated rings. The van der Waals surface area contributed by atoms with E-state index < -0.39 is 30.6 Å². The van der Waals surface area contributed by atoms with E-state index in [1.165, 1.54) is 16.9 Å². The van der Waals surface area contributed by atoms with Gasteiger partial charge in [-0.3, -0.25) is 4.79 Å². The first kappa shape index (κ1) is 14.4. The van der Waals surface area contributed by atoms with E-state index in [0.717, 1.165) is 0 Å². The zero-order chi connectivity index (χ0) is 15.1. The summed E-state index contributed by atoms with van der Waals surface area (Å²) in [5.41, 5.74) is 0. The molecule has 1 aliphatic heterocycles. The zero-order valence-electron chi connectivity index (χ0n) is 10.8. The van der Waals surface area contributed by atoms with Crippen LogP contribution in [0.15, 0.2) is 12.3 Å². The highest BCUT2D eigenvalue weighted by Crippen LogP contribution is 2.28. The number of carbonyl (C=O) groups is 2. The molecule has 3 amide bonds. The largest absolute Gasteiger partial charge is 0.391 e. The Hall–Kier alpha value is -2.06. The Bertz CT molecular complexity index is 538. The van der Waals surface area contributed by atoms with Gasteiger partial charge < -0.3 is 5.32 Å². The lowest BCUT2D eigenvalue weighted by atomic mass is 10.2. The van der Waals surface area contributed by atoms with Crippen molar-refractivity contribution in [1.29, 1.82) is 0 Å². The molecule has 0 bridgehead atoms. The average molecular weight is 290 g/mol. The van der Waals surface area contributed by atoms with Gasteiger partial charge in [0.1, 0.15) is 11.9 Å². The summed E-state index contributed by atoms with van der Waals surface area (Å²) < 4.78 is 38.4. The monoisotopic (exact) mass is 290 g/mol. The summed E-state index contributed by atoms with van der Waals surface area (Å²) in [6, 6.07) is -1.18. The van der Waals surface area contributed by atoms with Gasteiger partial charge in [0.15, 0.2) is 0 Å². The van der Waals surface area contributed by atoms with E-state index in [2.05, 4.69) is 5.10 Å². The van der Waals surface area contributed by atoms with Crippen molar-refractivity contribution in [3.63, 3.8) is 0 Å². The van der Waals surface area contributed by atoms with Crippen LogP contribution in [0.1, 0.15) is 26.3 Å². The van der Waals surface area contributed by atoms with E-state index in [0.29, 0.717) is 4.90 Å². The second kappa shape index (κ2) is 4.80. The third-order valence-electron chi connectivity index (χ3n) is 2.82. The van der Waals surface area contributed by atoms with Gasteiger partial charge in [0.05, 0.1) is 12.6 Å². The molecule has 1 aromatic heterocycles. The highest BCUT2D eigenvalue weighted by molar-refractivity contribution is 6.20. The molecule has 2 heterocycles. The molecule has 0 saturated carbocycles. The van der Waals surface area contributed by atoms with E-state index in [-0.39, 0.29) is 11.9 Å². The Morgan fingerprint density at radius 3 is 2.60 bits per heavy atom. The number of anilines is 1. The molecule has 9 heteroatoms. The summed E-state index contributed by atoms with van der Waals surface area (Å²) in [4.78, 5) is 24.4. The number of urea groups is 1. The van der Waals surface area contributed by atoms with Crippen molar-refractivity contribution in [2.45, 2.75) is 38.5 Å². The Morgan fingerprint density at radius 2 is 2.05 bits per heavy atom. The predicted molar refractivity (Wildman–Crippen MR) is 63.1 cm³/mol. The summed E-state index contributed by atoms with van der Waals surface area (Å²) in [6.07, 6.45) is -4.53. The van der Waals surface area contributed by atoms with Crippen LogP contribution in [0.2, 0.25) is 0 Å². The highest BCUT2D eigenvalue weighted by atomic mass is 19.4. The van der Waals surface area contributed by atoms with Gasteiger partial charge in [-0.1, -0.05) is 0 Å². The Kier molecular flexibility index (Phi) is 3.45. The second-order valence-electron chi connectivity index (χ2n) is 4.72. The van der Waals surface area contributed by atoms with Gasteiger partial charge in [-0.2, -0.15) is 18.3 Å². The third kappa shape index (κ3) is 2.61. The van der Waals surface area contributed by atoms with Crippen molar-refractivity contribution in [3.8, 4) is 0 Å². The van der Waals surface area contributed by atoms with Crippen molar-refractivity contribution >= 4 is 17.8 Å². The molecule has 1 saturated heterocycles. The second-order valence-corrected chi connectivity index (χ2v) is 4.72. The SMILES string of the molecule is CC(C)n1nccc1N1C(=O)NC(CC(F)(F)F)C1=O. The van der Waals surface area contributed by atoms with Crippen molar-refractivity contribution in [1.82, 2.24) is 15.1 Å². The molecule has 2 rings (SSSR count). The minimum Gasteiger partial charge on any atom is -0.325 e. The lowest BCUT2D eigenvalue weighted by Crippen LogP contribution is -2.35. The first-order valence-corrected chi connectivity index (χ1v) is 5.95. The minimum absolute atomic E-state index is 0.137. The number of nitrogens with one attached hydrogen (secondary N) is 1. The number of carbonyl (C=O) groups excluding carboxylic acids is 2. The van der Waals surface area contributed by atoms with E-state index in [1.54, 1.807) is 13.8 Å². The fourth-order valence-corrected chi connectivity index (χ4v) is 2.00. The molecule has 1 aromatic rings. The number of alkyl halides is 3. The number of rotatable bonds is 3. The highest BCUT2D eigenvalue weighted by Gasteiger charge is 2.46. The van der Waals surface area contributed by atoms with Crippen LogP contribution in [0.5, 0.6) is 0 Å². The van der Waals surface area contributed by atoms with Crippen molar-refractivity contribution in [3.05, 3.63) is 12.3 Å². The van der Waals surface area contributed by atoms with E-state index in [1.807, 2.05) is 5.32 Å². The standard InChI is InChI=1S/C11H13F3N4O2/c1-6(2)18-8(3-4-15-18)17-9(19)7(16-10(17)20)5-11(12,13)14/h3-4,6-7H,5H2,1-2H3,(H,16,20). The first-order chi connectivity index (χ1) is 9.20. The predicted octanol–water partition coefficient (Wildman–Crippen LogP) is 1.84. The molecule has 6 nitrogen and oxygen atoms in total. The maximum absolute atomic E-state index is 12.3. The molecule has 1 N–H and O–H groups in total. The Balaban J connectivity index is 2.27. The molecule has 0 aromatic carbocycles. The summed E-state index contributed by atoms with van der Waals surface area (Å²) in [5, 5.41) is 5.99.